The van der Waals surface area contributed by atoms with Crippen LogP contribution in [0.2, 0.25) is 0 Å². The van der Waals surface area contributed by atoms with E-state index in [4.69, 9.17) is 0 Å². The number of rotatable bonds is 0. The molecule has 4 heteroatoms. The standard InChI is InChI=1S/BrH.Co.Mn.Zr/h1H;;;. The van der Waals surface area contributed by atoms with Crippen molar-refractivity contribution in [3.8, 4) is 0 Å². The van der Waals surface area contributed by atoms with Gasteiger partial charge in [0.05, 0.1) is 0 Å². The largest absolute Gasteiger partial charge is 0.114 e. The summed E-state index contributed by atoms with van der Waals surface area (Å²) in [7, 11) is 0. The Morgan fingerprint density at radius 1 is 1.00 bits per heavy atom. The second-order valence-corrected chi connectivity index (χ2v) is 0. The van der Waals surface area contributed by atoms with E-state index in [2.05, 4.69) is 0 Å². The van der Waals surface area contributed by atoms with E-state index < -0.39 is 0 Å². The van der Waals surface area contributed by atoms with Gasteiger partial charge in [0.15, 0.2) is 0 Å². The monoisotopic (exact) mass is 284 g/mol. The van der Waals surface area contributed by atoms with Crippen molar-refractivity contribution in [3.05, 3.63) is 0 Å². The Morgan fingerprint density at radius 2 is 1.00 bits per heavy atom. The molecule has 0 aliphatic rings. The Kier molecular flexibility index (Phi) is 148. The van der Waals surface area contributed by atoms with Gasteiger partial charge in [0.1, 0.15) is 0 Å². The van der Waals surface area contributed by atoms with Gasteiger partial charge in [-0.05, 0) is 0 Å². The Balaban J connectivity index is 0. The molecule has 0 atom stereocenters. The van der Waals surface area contributed by atoms with Crippen LogP contribution in [-0.2, 0) is 60.1 Å². The molecular formula is HBrCoMnZr. The van der Waals surface area contributed by atoms with Crippen LogP contribution >= 0.6 is 17.0 Å². The molecule has 4 heavy (non-hydrogen) atoms. The fourth-order valence-electron chi connectivity index (χ4n) is 0. The quantitative estimate of drug-likeness (QED) is 0.571. The van der Waals surface area contributed by atoms with Crippen molar-refractivity contribution in [2.24, 2.45) is 0 Å². The van der Waals surface area contributed by atoms with Crippen LogP contribution < -0.4 is 0 Å². The summed E-state index contributed by atoms with van der Waals surface area (Å²) in [6.45, 7) is 0. The Labute approximate surface area is 76.0 Å². The zero-order valence-electron chi connectivity index (χ0n) is 1.62. The fourth-order valence-corrected chi connectivity index (χ4v) is 0. The Bertz CT molecular complexity index is 8.00. The van der Waals surface area contributed by atoms with Crippen LogP contribution in [0, 0.1) is 0 Å². The third kappa shape index (κ3) is 8.83. The van der Waals surface area contributed by atoms with Gasteiger partial charge < -0.3 is 0 Å². The molecule has 0 aromatic carbocycles. The van der Waals surface area contributed by atoms with Crippen molar-refractivity contribution >= 4 is 17.0 Å². The first-order chi connectivity index (χ1) is 0. The van der Waals surface area contributed by atoms with E-state index in [0.29, 0.717) is 0 Å². The molecule has 0 aromatic rings. The van der Waals surface area contributed by atoms with Gasteiger partial charge in [-0.3, -0.25) is 0 Å². The second kappa shape index (κ2) is 18.2. The Morgan fingerprint density at radius 3 is 1.00 bits per heavy atom. The molecule has 0 nitrogen and oxygen atoms in total. The van der Waals surface area contributed by atoms with Crippen LogP contribution in [0.4, 0.5) is 0 Å². The molecule has 0 unspecified atom stereocenters. The van der Waals surface area contributed by atoms with Crippen molar-refractivity contribution in [2.75, 3.05) is 0 Å². The molecular weight excluding hydrogens is 285 g/mol. The molecule has 0 spiro atoms. The molecule has 0 saturated carbocycles. The molecule has 2 radical (unpaired) electrons. The molecule has 0 rings (SSSR count). The predicted molar refractivity (Wildman–Crippen MR) is 10.3 cm³/mol. The molecule has 0 aromatic heterocycles. The number of halogens is 1. The van der Waals surface area contributed by atoms with Crippen LogP contribution in [0.1, 0.15) is 0 Å². The molecule has 28 valence electrons. The molecule has 0 bridgehead atoms. The van der Waals surface area contributed by atoms with Gasteiger partial charge in [-0.2, -0.15) is 0 Å². The molecule has 0 aliphatic carbocycles. The zero-order chi connectivity index (χ0) is 0. The first kappa shape index (κ1) is 32.5. The molecule has 0 aliphatic heterocycles. The Hall–Kier alpha value is 2.39. The van der Waals surface area contributed by atoms with Gasteiger partial charge in [0.25, 0.3) is 0 Å². The summed E-state index contributed by atoms with van der Waals surface area (Å²) in [5.74, 6) is 0. The van der Waals surface area contributed by atoms with Crippen LogP contribution in [-0.4, -0.2) is 0 Å². The van der Waals surface area contributed by atoms with Crippen molar-refractivity contribution in [3.63, 3.8) is 0 Å². The third-order valence-electron chi connectivity index (χ3n) is 0. The molecule has 0 N–H and O–H groups in total. The van der Waals surface area contributed by atoms with Crippen LogP contribution in [0.25, 0.3) is 0 Å². The van der Waals surface area contributed by atoms with Gasteiger partial charge in [-0.1, -0.05) is 0 Å². The summed E-state index contributed by atoms with van der Waals surface area (Å²) in [6.07, 6.45) is 0. The average molecular weight is 286 g/mol. The summed E-state index contributed by atoms with van der Waals surface area (Å²) >= 11 is 0. The third-order valence-corrected chi connectivity index (χ3v) is 0. The summed E-state index contributed by atoms with van der Waals surface area (Å²) in [6, 6.07) is 0. The first-order valence-electron chi connectivity index (χ1n) is 0. The van der Waals surface area contributed by atoms with E-state index in [-0.39, 0.29) is 77.0 Å². The SMILES string of the molecule is Br.[Co].[Mn].[Zr]. The number of hydrogen-bond donors (Lipinski definition) is 0. The maximum absolute atomic E-state index is 0. The van der Waals surface area contributed by atoms with E-state index in [0.717, 1.165) is 0 Å². The molecule has 0 heterocycles. The average Bonchev–Trinajstić information content (AvgIpc) is 0. The van der Waals surface area contributed by atoms with Crippen LogP contribution in [0.15, 0.2) is 0 Å². The molecule has 0 saturated heterocycles. The van der Waals surface area contributed by atoms with Gasteiger partial charge in [-0.25, -0.2) is 0 Å². The van der Waals surface area contributed by atoms with Crippen molar-refractivity contribution in [1.82, 2.24) is 0 Å². The van der Waals surface area contributed by atoms with Gasteiger partial charge in [0, 0.05) is 60.1 Å². The smallest absolute Gasteiger partial charge is 0 e. The van der Waals surface area contributed by atoms with E-state index in [1.54, 1.807) is 0 Å². The van der Waals surface area contributed by atoms with Crippen LogP contribution in [0.5, 0.6) is 0 Å². The molecule has 0 fully saturated rings. The van der Waals surface area contributed by atoms with E-state index in [1.165, 1.54) is 0 Å². The summed E-state index contributed by atoms with van der Waals surface area (Å²) in [4.78, 5) is 0. The van der Waals surface area contributed by atoms with E-state index in [1.807, 2.05) is 0 Å². The minimum absolute atomic E-state index is 0. The maximum Gasteiger partial charge on any atom is 0 e. The second-order valence-electron chi connectivity index (χ2n) is 0. The van der Waals surface area contributed by atoms with Crippen molar-refractivity contribution in [2.45, 2.75) is 0 Å². The first-order valence-corrected chi connectivity index (χ1v) is 0. The molecule has 0 amide bonds. The maximum atomic E-state index is 0. The fraction of sp³-hybridized carbons (Fsp3) is 0. The minimum Gasteiger partial charge on any atom is -0.114 e. The topological polar surface area (TPSA) is 0 Å². The summed E-state index contributed by atoms with van der Waals surface area (Å²) < 4.78 is 0. The number of hydrogen-bond acceptors (Lipinski definition) is 0. The van der Waals surface area contributed by atoms with Crippen LogP contribution in [0.3, 0.4) is 0 Å². The predicted octanol–water partition coefficient (Wildman–Crippen LogP) is 0.570. The normalized spacial score (nSPS) is 0. The van der Waals surface area contributed by atoms with E-state index >= 15 is 0 Å². The van der Waals surface area contributed by atoms with Gasteiger partial charge in [-0.15, -0.1) is 17.0 Å². The summed E-state index contributed by atoms with van der Waals surface area (Å²) in [5.41, 5.74) is 0. The zero-order valence-corrected chi connectivity index (χ0v) is 8.01. The van der Waals surface area contributed by atoms with Crippen molar-refractivity contribution < 1.29 is 60.1 Å². The minimum atomic E-state index is 0. The van der Waals surface area contributed by atoms with E-state index in [9.17, 15) is 0 Å². The van der Waals surface area contributed by atoms with Gasteiger partial charge >= 0.3 is 0 Å². The summed E-state index contributed by atoms with van der Waals surface area (Å²) in [5, 5.41) is 0. The van der Waals surface area contributed by atoms with Gasteiger partial charge in [0.2, 0.25) is 0 Å². The van der Waals surface area contributed by atoms with Crippen molar-refractivity contribution in [1.29, 1.82) is 0 Å².